The van der Waals surface area contributed by atoms with Crippen LogP contribution in [0.25, 0.3) is 0 Å². The minimum absolute atomic E-state index is 0.208. The smallest absolute Gasteiger partial charge is 0.240 e. The van der Waals surface area contributed by atoms with Crippen molar-refractivity contribution in [2.75, 3.05) is 25.6 Å². The second kappa shape index (κ2) is 8.68. The Hall–Kier alpha value is -2.86. The van der Waals surface area contributed by atoms with Gasteiger partial charge in [-0.15, -0.1) is 0 Å². The quantitative estimate of drug-likeness (QED) is 0.526. The number of para-hydroxylation sites is 1. The number of ether oxygens (including phenoxy) is 2. The third-order valence-electron chi connectivity index (χ3n) is 4.52. The lowest BCUT2D eigenvalue weighted by atomic mass is 10.0. The minimum Gasteiger partial charge on any atom is -0.457 e. The van der Waals surface area contributed by atoms with Crippen LogP contribution in [-0.4, -0.2) is 32.1 Å². The van der Waals surface area contributed by atoms with E-state index in [1.165, 1.54) is 0 Å². The van der Waals surface area contributed by atoms with Crippen molar-refractivity contribution < 1.29 is 19.1 Å². The summed E-state index contributed by atoms with van der Waals surface area (Å²) in [7, 11) is 1.62. The highest BCUT2D eigenvalue weighted by Gasteiger charge is 2.56. The Bertz CT molecular complexity index is 771. The maximum absolute atomic E-state index is 12.6. The summed E-state index contributed by atoms with van der Waals surface area (Å²) in [4.78, 5) is 24.9. The highest BCUT2D eigenvalue weighted by molar-refractivity contribution is 6.13. The van der Waals surface area contributed by atoms with Gasteiger partial charge in [0.05, 0.1) is 0 Å². The van der Waals surface area contributed by atoms with Gasteiger partial charge in [-0.1, -0.05) is 18.2 Å². The zero-order valence-electron chi connectivity index (χ0n) is 15.4. The molecular formula is C21H24N2O4. The number of hydrogen-bond acceptors (Lipinski definition) is 4. The molecule has 142 valence electrons. The van der Waals surface area contributed by atoms with E-state index in [1.807, 2.05) is 30.3 Å². The first-order valence-corrected chi connectivity index (χ1v) is 9.06. The molecule has 2 N–H and O–H groups in total. The van der Waals surface area contributed by atoms with Crippen LogP contribution < -0.4 is 15.4 Å². The molecule has 2 aromatic carbocycles. The van der Waals surface area contributed by atoms with Crippen LogP contribution in [0.4, 0.5) is 5.69 Å². The fourth-order valence-electron chi connectivity index (χ4n) is 2.75. The van der Waals surface area contributed by atoms with E-state index < -0.39 is 5.41 Å². The molecule has 1 aliphatic carbocycles. The number of nitrogens with one attached hydrogen (secondary N) is 2. The predicted octanol–water partition coefficient (Wildman–Crippen LogP) is 3.35. The van der Waals surface area contributed by atoms with Crippen LogP contribution >= 0.6 is 0 Å². The SMILES string of the molecule is COCCCNC(=O)C1(C(=O)Nc2ccc(Oc3ccccc3)cc2)CC1. The standard InChI is InChI=1S/C21H24N2O4/c1-26-15-5-14-22-19(24)21(12-13-21)20(25)23-16-8-10-18(11-9-16)27-17-6-3-2-4-7-17/h2-4,6-11H,5,12-15H2,1H3,(H,22,24)(H,23,25). The van der Waals surface area contributed by atoms with Crippen molar-refractivity contribution >= 4 is 17.5 Å². The van der Waals surface area contributed by atoms with Crippen molar-refractivity contribution in [3.63, 3.8) is 0 Å². The number of carbonyl (C=O) groups is 2. The Morgan fingerprint density at radius 3 is 2.26 bits per heavy atom. The Labute approximate surface area is 158 Å². The van der Waals surface area contributed by atoms with Gasteiger partial charge >= 0.3 is 0 Å². The van der Waals surface area contributed by atoms with Gasteiger partial charge in [-0.25, -0.2) is 0 Å². The van der Waals surface area contributed by atoms with E-state index >= 15 is 0 Å². The van der Waals surface area contributed by atoms with Crippen molar-refractivity contribution in [1.29, 1.82) is 0 Å². The first-order chi connectivity index (χ1) is 13.1. The summed E-state index contributed by atoms with van der Waals surface area (Å²) in [6, 6.07) is 16.6. The molecule has 1 aliphatic rings. The molecule has 0 atom stereocenters. The van der Waals surface area contributed by atoms with Crippen molar-refractivity contribution in [3.8, 4) is 11.5 Å². The first kappa shape index (κ1) is 18.9. The number of amides is 2. The molecule has 0 aromatic heterocycles. The van der Waals surface area contributed by atoms with Gasteiger partial charge in [0.1, 0.15) is 16.9 Å². The fraction of sp³-hybridized carbons (Fsp3) is 0.333. The van der Waals surface area contributed by atoms with E-state index in [0.717, 1.165) is 12.2 Å². The van der Waals surface area contributed by atoms with Crippen LogP contribution in [0.2, 0.25) is 0 Å². The van der Waals surface area contributed by atoms with Crippen LogP contribution in [0.5, 0.6) is 11.5 Å². The summed E-state index contributed by atoms with van der Waals surface area (Å²) in [5, 5.41) is 5.66. The van der Waals surface area contributed by atoms with Crippen molar-refractivity contribution in [2.24, 2.45) is 5.41 Å². The maximum Gasteiger partial charge on any atom is 0.240 e. The number of anilines is 1. The minimum atomic E-state index is -0.938. The molecule has 0 heterocycles. The lowest BCUT2D eigenvalue weighted by Gasteiger charge is -2.15. The number of hydrogen-bond donors (Lipinski definition) is 2. The van der Waals surface area contributed by atoms with Crippen LogP contribution in [0, 0.1) is 5.41 Å². The topological polar surface area (TPSA) is 76.7 Å². The molecule has 2 amide bonds. The molecule has 3 rings (SSSR count). The van der Waals surface area contributed by atoms with E-state index in [4.69, 9.17) is 9.47 Å². The van der Waals surface area contributed by atoms with Gasteiger partial charge in [0.25, 0.3) is 0 Å². The van der Waals surface area contributed by atoms with Gasteiger partial charge < -0.3 is 20.1 Å². The molecule has 2 aromatic rings. The van der Waals surface area contributed by atoms with Gasteiger partial charge in [0.15, 0.2) is 0 Å². The van der Waals surface area contributed by atoms with Crippen molar-refractivity contribution in [2.45, 2.75) is 19.3 Å². The van der Waals surface area contributed by atoms with Crippen LogP contribution in [0.15, 0.2) is 54.6 Å². The second-order valence-corrected chi connectivity index (χ2v) is 6.58. The Kier molecular flexibility index (Phi) is 6.08. The third-order valence-corrected chi connectivity index (χ3v) is 4.52. The second-order valence-electron chi connectivity index (χ2n) is 6.58. The Balaban J connectivity index is 1.53. The summed E-state index contributed by atoms with van der Waals surface area (Å²) in [5.41, 5.74) is -0.300. The lowest BCUT2D eigenvalue weighted by Crippen LogP contribution is -2.40. The van der Waals surface area contributed by atoms with E-state index in [2.05, 4.69) is 10.6 Å². The molecule has 0 bridgehead atoms. The van der Waals surface area contributed by atoms with Crippen molar-refractivity contribution in [3.05, 3.63) is 54.6 Å². The van der Waals surface area contributed by atoms with E-state index in [1.54, 1.807) is 31.4 Å². The summed E-state index contributed by atoms with van der Waals surface area (Å²) < 4.78 is 10.7. The molecule has 6 heteroatoms. The molecule has 1 saturated carbocycles. The van der Waals surface area contributed by atoms with E-state index in [9.17, 15) is 9.59 Å². The molecule has 27 heavy (non-hydrogen) atoms. The van der Waals surface area contributed by atoms with Crippen molar-refractivity contribution in [1.82, 2.24) is 5.32 Å². The number of methoxy groups -OCH3 is 1. The average Bonchev–Trinajstić information content (AvgIpc) is 3.50. The largest absolute Gasteiger partial charge is 0.457 e. The molecule has 0 saturated heterocycles. The normalized spacial score (nSPS) is 14.3. The zero-order chi connectivity index (χ0) is 19.1. The van der Waals surface area contributed by atoms with Crippen LogP contribution in [0.3, 0.4) is 0 Å². The number of carbonyl (C=O) groups excluding carboxylic acids is 2. The van der Waals surface area contributed by atoms with Crippen LogP contribution in [0.1, 0.15) is 19.3 Å². The summed E-state index contributed by atoms with van der Waals surface area (Å²) in [6.45, 7) is 1.09. The third kappa shape index (κ3) is 4.86. The molecule has 0 spiro atoms. The van der Waals surface area contributed by atoms with E-state index in [-0.39, 0.29) is 11.8 Å². The highest BCUT2D eigenvalue weighted by atomic mass is 16.5. The summed E-state index contributed by atoms with van der Waals surface area (Å²) in [5.74, 6) is 0.955. The molecule has 0 radical (unpaired) electrons. The predicted molar refractivity (Wildman–Crippen MR) is 103 cm³/mol. The molecular weight excluding hydrogens is 344 g/mol. The molecule has 0 unspecified atom stereocenters. The Morgan fingerprint density at radius 1 is 0.963 bits per heavy atom. The molecule has 0 aliphatic heterocycles. The average molecular weight is 368 g/mol. The maximum atomic E-state index is 12.6. The molecule has 1 fully saturated rings. The van der Waals surface area contributed by atoms with Gasteiger partial charge in [0, 0.05) is 25.9 Å². The molecule has 6 nitrogen and oxygen atoms in total. The summed E-state index contributed by atoms with van der Waals surface area (Å²) in [6.07, 6.45) is 1.87. The monoisotopic (exact) mass is 368 g/mol. The van der Waals surface area contributed by atoms with Gasteiger partial charge in [-0.05, 0) is 55.7 Å². The lowest BCUT2D eigenvalue weighted by molar-refractivity contribution is -0.134. The van der Waals surface area contributed by atoms with Gasteiger partial charge in [-0.3, -0.25) is 9.59 Å². The van der Waals surface area contributed by atoms with E-state index in [0.29, 0.717) is 37.4 Å². The van der Waals surface area contributed by atoms with Gasteiger partial charge in [-0.2, -0.15) is 0 Å². The fourth-order valence-corrected chi connectivity index (χ4v) is 2.75. The summed E-state index contributed by atoms with van der Waals surface area (Å²) >= 11 is 0. The first-order valence-electron chi connectivity index (χ1n) is 9.06. The zero-order valence-corrected chi connectivity index (χ0v) is 15.4. The Morgan fingerprint density at radius 2 is 1.63 bits per heavy atom. The number of benzene rings is 2. The number of rotatable bonds is 9. The van der Waals surface area contributed by atoms with Crippen LogP contribution in [-0.2, 0) is 14.3 Å². The van der Waals surface area contributed by atoms with Gasteiger partial charge in [0.2, 0.25) is 11.8 Å². The highest BCUT2D eigenvalue weighted by Crippen LogP contribution is 2.46.